The smallest absolute Gasteiger partial charge is 0.248 e. The first-order valence-corrected chi connectivity index (χ1v) is 5.83. The van der Waals surface area contributed by atoms with Gasteiger partial charge in [-0.05, 0) is 13.3 Å². The number of primary amides is 1. The van der Waals surface area contributed by atoms with Crippen LogP contribution in [0, 0.1) is 6.92 Å². The number of hydrogen-bond donors (Lipinski definition) is 4. The molecule has 0 fully saturated rings. The standard InChI is InChI=1S/C11H19N5O2/c1-3-4-13-10-7(2)11(16-6-15-10)14-5-8(17)9(12)18/h6,8,17H,3-5H2,1-2H3,(H2,12,18)(H2,13,14,15,16). The van der Waals surface area contributed by atoms with Gasteiger partial charge in [0.15, 0.2) is 0 Å². The Hall–Kier alpha value is -1.89. The van der Waals surface area contributed by atoms with Gasteiger partial charge < -0.3 is 21.5 Å². The summed E-state index contributed by atoms with van der Waals surface area (Å²) in [6, 6.07) is 0. The van der Waals surface area contributed by atoms with Crippen molar-refractivity contribution < 1.29 is 9.90 Å². The Kier molecular flexibility index (Phi) is 5.31. The first-order valence-electron chi connectivity index (χ1n) is 5.83. The van der Waals surface area contributed by atoms with Gasteiger partial charge >= 0.3 is 0 Å². The van der Waals surface area contributed by atoms with Gasteiger partial charge in [0, 0.05) is 12.1 Å². The molecule has 1 rings (SSSR count). The molecule has 1 aromatic heterocycles. The summed E-state index contributed by atoms with van der Waals surface area (Å²) >= 11 is 0. The molecule has 100 valence electrons. The quantitative estimate of drug-likeness (QED) is 0.538. The number of aliphatic hydroxyl groups is 1. The van der Waals surface area contributed by atoms with Crippen LogP contribution >= 0.6 is 0 Å². The molecule has 0 radical (unpaired) electrons. The SMILES string of the molecule is CCCNc1ncnc(NCC(O)C(N)=O)c1C. The van der Waals surface area contributed by atoms with Crippen LogP contribution in [0.25, 0.3) is 0 Å². The first kappa shape index (κ1) is 14.2. The molecule has 7 heteroatoms. The summed E-state index contributed by atoms with van der Waals surface area (Å²) in [4.78, 5) is 18.9. The predicted octanol–water partition coefficient (Wildman–Crippen LogP) is -0.135. The van der Waals surface area contributed by atoms with E-state index in [0.29, 0.717) is 5.82 Å². The highest BCUT2D eigenvalue weighted by atomic mass is 16.3. The molecule has 0 saturated heterocycles. The van der Waals surface area contributed by atoms with Crippen molar-refractivity contribution in [3.63, 3.8) is 0 Å². The average molecular weight is 253 g/mol. The van der Waals surface area contributed by atoms with Crippen LogP contribution in [0.2, 0.25) is 0 Å². The maximum atomic E-state index is 10.7. The van der Waals surface area contributed by atoms with Gasteiger partial charge in [0.25, 0.3) is 0 Å². The van der Waals surface area contributed by atoms with Crippen LogP contribution in [-0.4, -0.2) is 40.2 Å². The lowest BCUT2D eigenvalue weighted by atomic mass is 10.3. The number of aliphatic hydroxyl groups excluding tert-OH is 1. The molecule has 0 bridgehead atoms. The lowest BCUT2D eigenvalue weighted by Gasteiger charge is -2.13. The highest BCUT2D eigenvalue weighted by Gasteiger charge is 2.12. The third kappa shape index (κ3) is 3.85. The minimum absolute atomic E-state index is 0.0282. The predicted molar refractivity (Wildman–Crippen MR) is 69.2 cm³/mol. The normalized spacial score (nSPS) is 11.9. The highest BCUT2D eigenvalue weighted by molar-refractivity contribution is 5.79. The summed E-state index contributed by atoms with van der Waals surface area (Å²) < 4.78 is 0. The summed E-state index contributed by atoms with van der Waals surface area (Å²) in [6.45, 7) is 4.77. The maximum Gasteiger partial charge on any atom is 0.248 e. The van der Waals surface area contributed by atoms with Crippen molar-refractivity contribution >= 4 is 17.5 Å². The van der Waals surface area contributed by atoms with Gasteiger partial charge in [-0.25, -0.2) is 9.97 Å². The van der Waals surface area contributed by atoms with Crippen LogP contribution in [0.4, 0.5) is 11.6 Å². The second-order valence-corrected chi connectivity index (χ2v) is 3.92. The number of anilines is 2. The van der Waals surface area contributed by atoms with Crippen LogP contribution in [-0.2, 0) is 4.79 Å². The molecule has 1 unspecified atom stereocenters. The minimum atomic E-state index is -1.23. The molecule has 0 spiro atoms. The van der Waals surface area contributed by atoms with Gasteiger partial charge in [-0.1, -0.05) is 6.92 Å². The molecule has 0 aromatic carbocycles. The lowest BCUT2D eigenvalue weighted by Crippen LogP contribution is -2.34. The fourth-order valence-corrected chi connectivity index (χ4v) is 1.34. The Labute approximate surface area is 106 Å². The molecule has 0 aliphatic carbocycles. The minimum Gasteiger partial charge on any atom is -0.381 e. The summed E-state index contributed by atoms with van der Waals surface area (Å²) in [5.41, 5.74) is 5.80. The van der Waals surface area contributed by atoms with E-state index in [1.807, 2.05) is 6.92 Å². The van der Waals surface area contributed by atoms with E-state index >= 15 is 0 Å². The maximum absolute atomic E-state index is 10.7. The summed E-state index contributed by atoms with van der Waals surface area (Å²) in [7, 11) is 0. The van der Waals surface area contributed by atoms with E-state index in [0.717, 1.165) is 24.3 Å². The van der Waals surface area contributed by atoms with E-state index in [2.05, 4.69) is 27.5 Å². The lowest BCUT2D eigenvalue weighted by molar-refractivity contribution is -0.125. The number of carbonyl (C=O) groups excluding carboxylic acids is 1. The van der Waals surface area contributed by atoms with Gasteiger partial charge in [-0.15, -0.1) is 0 Å². The monoisotopic (exact) mass is 253 g/mol. The largest absolute Gasteiger partial charge is 0.381 e. The molecule has 7 nitrogen and oxygen atoms in total. The van der Waals surface area contributed by atoms with Gasteiger partial charge in [0.2, 0.25) is 5.91 Å². The van der Waals surface area contributed by atoms with Crippen LogP contribution in [0.3, 0.4) is 0 Å². The summed E-state index contributed by atoms with van der Waals surface area (Å²) in [5.74, 6) is 0.547. The van der Waals surface area contributed by atoms with E-state index < -0.39 is 12.0 Å². The van der Waals surface area contributed by atoms with E-state index in [1.54, 1.807) is 0 Å². The summed E-state index contributed by atoms with van der Waals surface area (Å²) in [5, 5.41) is 15.3. The van der Waals surface area contributed by atoms with E-state index in [9.17, 15) is 9.90 Å². The molecule has 0 saturated carbocycles. The van der Waals surface area contributed by atoms with Crippen molar-refractivity contribution in [1.82, 2.24) is 9.97 Å². The number of aromatic nitrogens is 2. The third-order valence-electron chi connectivity index (χ3n) is 2.42. The van der Waals surface area contributed by atoms with Gasteiger partial charge in [0.1, 0.15) is 24.1 Å². The number of hydrogen-bond acceptors (Lipinski definition) is 6. The second-order valence-electron chi connectivity index (χ2n) is 3.92. The highest BCUT2D eigenvalue weighted by Crippen LogP contribution is 2.17. The molecule has 1 aromatic rings. The Morgan fingerprint density at radius 2 is 2.06 bits per heavy atom. The molecular formula is C11H19N5O2. The van der Waals surface area contributed by atoms with E-state index in [1.165, 1.54) is 6.33 Å². The fraction of sp³-hybridized carbons (Fsp3) is 0.545. The molecule has 5 N–H and O–H groups in total. The van der Waals surface area contributed by atoms with Gasteiger partial charge in [0.05, 0.1) is 6.54 Å². The zero-order chi connectivity index (χ0) is 13.5. The number of carbonyl (C=O) groups is 1. The summed E-state index contributed by atoms with van der Waals surface area (Å²) in [6.07, 6.45) is 1.18. The van der Waals surface area contributed by atoms with Gasteiger partial charge in [-0.3, -0.25) is 4.79 Å². The number of nitrogens with two attached hydrogens (primary N) is 1. The fourth-order valence-electron chi connectivity index (χ4n) is 1.34. The third-order valence-corrected chi connectivity index (χ3v) is 2.42. The topological polar surface area (TPSA) is 113 Å². The molecular weight excluding hydrogens is 234 g/mol. The number of rotatable bonds is 7. The first-order chi connectivity index (χ1) is 8.56. The molecule has 1 heterocycles. The van der Waals surface area contributed by atoms with Crippen molar-refractivity contribution in [1.29, 1.82) is 0 Å². The van der Waals surface area contributed by atoms with Crippen molar-refractivity contribution in [2.75, 3.05) is 23.7 Å². The van der Waals surface area contributed by atoms with Crippen molar-refractivity contribution in [3.8, 4) is 0 Å². The van der Waals surface area contributed by atoms with Crippen LogP contribution in [0.15, 0.2) is 6.33 Å². The number of amides is 1. The average Bonchev–Trinajstić information content (AvgIpc) is 2.35. The Morgan fingerprint density at radius 3 is 2.61 bits per heavy atom. The molecule has 18 heavy (non-hydrogen) atoms. The van der Waals surface area contributed by atoms with Gasteiger partial charge in [-0.2, -0.15) is 0 Å². The molecule has 1 atom stereocenters. The zero-order valence-electron chi connectivity index (χ0n) is 10.6. The Morgan fingerprint density at radius 1 is 1.44 bits per heavy atom. The number of nitrogens with one attached hydrogen (secondary N) is 2. The van der Waals surface area contributed by atoms with E-state index in [4.69, 9.17) is 5.73 Å². The van der Waals surface area contributed by atoms with Crippen molar-refractivity contribution in [2.45, 2.75) is 26.4 Å². The molecule has 1 amide bonds. The number of nitrogens with zero attached hydrogens (tertiary/aromatic N) is 2. The zero-order valence-corrected chi connectivity index (χ0v) is 10.6. The van der Waals surface area contributed by atoms with Crippen LogP contribution < -0.4 is 16.4 Å². The van der Waals surface area contributed by atoms with Crippen LogP contribution in [0.1, 0.15) is 18.9 Å². The Bertz CT molecular complexity index is 410. The van der Waals surface area contributed by atoms with E-state index in [-0.39, 0.29) is 6.54 Å². The van der Waals surface area contributed by atoms with Crippen LogP contribution in [0.5, 0.6) is 0 Å². The van der Waals surface area contributed by atoms with Crippen molar-refractivity contribution in [3.05, 3.63) is 11.9 Å². The molecule has 0 aliphatic rings. The molecule has 0 aliphatic heterocycles. The second kappa shape index (κ2) is 6.75. The Balaban J connectivity index is 2.68. The van der Waals surface area contributed by atoms with Crippen molar-refractivity contribution in [2.24, 2.45) is 5.73 Å².